The lowest BCUT2D eigenvalue weighted by Gasteiger charge is -2.35. The van der Waals surface area contributed by atoms with Crippen LogP contribution in [0.25, 0.3) is 0 Å². The van der Waals surface area contributed by atoms with Crippen LogP contribution in [-0.2, 0) is 14.4 Å². The van der Waals surface area contributed by atoms with Gasteiger partial charge in [0.2, 0.25) is 5.72 Å². The van der Waals surface area contributed by atoms with Crippen molar-refractivity contribution in [1.29, 1.82) is 0 Å². The van der Waals surface area contributed by atoms with E-state index in [2.05, 4.69) is 11.8 Å². The van der Waals surface area contributed by atoms with Gasteiger partial charge in [0.15, 0.2) is 0 Å². The third-order valence-corrected chi connectivity index (χ3v) is 6.08. The van der Waals surface area contributed by atoms with Gasteiger partial charge in [0, 0.05) is 6.42 Å². The van der Waals surface area contributed by atoms with Crippen LogP contribution in [0.2, 0.25) is 0 Å². The molecule has 0 amide bonds. The van der Waals surface area contributed by atoms with E-state index < -0.39 is 17.1 Å². The molecule has 172 valence electrons. The van der Waals surface area contributed by atoms with Crippen molar-refractivity contribution in [3.05, 3.63) is 0 Å². The van der Waals surface area contributed by atoms with Gasteiger partial charge in [-0.2, -0.15) is 5.90 Å². The fraction of sp³-hybridized carbons (Fsp3) is 0.913. The highest BCUT2D eigenvalue weighted by Gasteiger charge is 2.52. The first-order chi connectivity index (χ1) is 13.7. The molecule has 0 unspecified atom stereocenters. The Kier molecular flexibility index (Phi) is 15.3. The number of nitrogens with two attached hydrogens (primary N) is 2. The minimum absolute atomic E-state index is 0.261. The Morgan fingerprint density at radius 1 is 0.759 bits per heavy atom. The van der Waals surface area contributed by atoms with Crippen LogP contribution in [0, 0.1) is 5.41 Å². The highest BCUT2D eigenvalue weighted by Crippen LogP contribution is 2.31. The Bertz CT molecular complexity index is 450. The third-order valence-electron chi connectivity index (χ3n) is 6.08. The molecule has 6 heteroatoms. The maximum absolute atomic E-state index is 12.4. The molecule has 6 nitrogen and oxygen atoms in total. The summed E-state index contributed by atoms with van der Waals surface area (Å²) < 4.78 is 0. The molecule has 0 aliphatic heterocycles. The van der Waals surface area contributed by atoms with Crippen molar-refractivity contribution in [3.63, 3.8) is 0 Å². The Morgan fingerprint density at radius 3 is 1.45 bits per heavy atom. The second-order valence-corrected chi connectivity index (χ2v) is 8.92. The topological polar surface area (TPSA) is 116 Å². The van der Waals surface area contributed by atoms with E-state index in [9.17, 15) is 14.7 Å². The first-order valence-corrected chi connectivity index (χ1v) is 11.7. The molecule has 0 heterocycles. The smallest absolute Gasteiger partial charge is 0.370 e. The van der Waals surface area contributed by atoms with Gasteiger partial charge < -0.3 is 9.94 Å². The lowest BCUT2D eigenvalue weighted by Crippen LogP contribution is -2.62. The molecule has 1 atom stereocenters. The van der Waals surface area contributed by atoms with Gasteiger partial charge in [-0.05, 0) is 20.3 Å². The molecule has 0 radical (unpaired) electrons. The normalized spacial score (nSPS) is 13.9. The molecule has 0 aromatic heterocycles. The van der Waals surface area contributed by atoms with Crippen molar-refractivity contribution in [2.24, 2.45) is 17.0 Å². The van der Waals surface area contributed by atoms with Crippen LogP contribution < -0.4 is 11.6 Å². The molecule has 0 saturated carbocycles. The molecular weight excluding hydrogens is 368 g/mol. The summed E-state index contributed by atoms with van der Waals surface area (Å²) in [5.74, 6) is 3.33. The fourth-order valence-electron chi connectivity index (χ4n) is 3.53. The Morgan fingerprint density at radius 2 is 1.10 bits per heavy atom. The minimum atomic E-state index is -2.42. The standard InChI is InChI=1S/C23H46N2O4/c1-4-5-6-7-8-9-10-11-12-13-14-15-16-17-18-19-20(26)22(2,3)23(24,28)21(27)29-25/h28H,4-19,24-25H2,1-3H3/t23-/m0/s1. The lowest BCUT2D eigenvalue weighted by atomic mass is 9.76. The van der Waals surface area contributed by atoms with Crippen molar-refractivity contribution < 1.29 is 19.5 Å². The molecular formula is C23H46N2O4. The zero-order chi connectivity index (χ0) is 22.2. The van der Waals surface area contributed by atoms with Gasteiger partial charge in [-0.1, -0.05) is 96.8 Å². The fourth-order valence-corrected chi connectivity index (χ4v) is 3.53. The van der Waals surface area contributed by atoms with Crippen molar-refractivity contribution >= 4 is 11.8 Å². The second kappa shape index (κ2) is 15.8. The first-order valence-electron chi connectivity index (χ1n) is 11.7. The van der Waals surface area contributed by atoms with Gasteiger partial charge >= 0.3 is 5.97 Å². The Balaban J connectivity index is 3.66. The number of ketones is 1. The van der Waals surface area contributed by atoms with Gasteiger partial charge in [0.1, 0.15) is 5.78 Å². The quantitative estimate of drug-likeness (QED) is 0.157. The van der Waals surface area contributed by atoms with Crippen molar-refractivity contribution in [1.82, 2.24) is 0 Å². The maximum Gasteiger partial charge on any atom is 0.372 e. The molecule has 5 N–H and O–H groups in total. The average molecular weight is 415 g/mol. The van der Waals surface area contributed by atoms with Crippen molar-refractivity contribution in [3.8, 4) is 0 Å². The van der Waals surface area contributed by atoms with Crippen LogP contribution >= 0.6 is 0 Å². The van der Waals surface area contributed by atoms with Gasteiger partial charge in [0.05, 0.1) is 5.41 Å². The molecule has 0 aromatic carbocycles. The third kappa shape index (κ3) is 11.1. The monoisotopic (exact) mass is 414 g/mol. The number of hydrogen-bond acceptors (Lipinski definition) is 6. The summed E-state index contributed by atoms with van der Waals surface area (Å²) in [7, 11) is 0. The number of rotatable bonds is 19. The van der Waals surface area contributed by atoms with Gasteiger partial charge in [-0.15, -0.1) is 0 Å². The van der Waals surface area contributed by atoms with Crippen LogP contribution in [0.1, 0.15) is 124 Å². The number of aliphatic hydroxyl groups is 1. The van der Waals surface area contributed by atoms with E-state index in [4.69, 9.17) is 11.6 Å². The van der Waals surface area contributed by atoms with Crippen LogP contribution in [0.5, 0.6) is 0 Å². The van der Waals surface area contributed by atoms with Crippen molar-refractivity contribution in [2.75, 3.05) is 0 Å². The van der Waals surface area contributed by atoms with Crippen LogP contribution in [0.3, 0.4) is 0 Å². The summed E-state index contributed by atoms with van der Waals surface area (Å²) in [6.07, 6.45) is 19.1. The lowest BCUT2D eigenvalue weighted by molar-refractivity contribution is -0.182. The summed E-state index contributed by atoms with van der Waals surface area (Å²) in [4.78, 5) is 27.9. The van der Waals surface area contributed by atoms with Crippen LogP contribution in [-0.4, -0.2) is 22.6 Å². The van der Waals surface area contributed by atoms with Crippen LogP contribution in [0.4, 0.5) is 0 Å². The minimum Gasteiger partial charge on any atom is -0.370 e. The number of Topliss-reactive ketones (excluding diaryl/α,β-unsaturated/α-hetero) is 1. The summed E-state index contributed by atoms with van der Waals surface area (Å²) in [5, 5.41) is 10.1. The van der Waals surface area contributed by atoms with Gasteiger partial charge in [0.25, 0.3) is 0 Å². The summed E-state index contributed by atoms with van der Waals surface area (Å²) in [6, 6.07) is 0. The first kappa shape index (κ1) is 28.0. The summed E-state index contributed by atoms with van der Waals surface area (Å²) in [5.41, 5.74) is 1.72. The Hall–Kier alpha value is -0.980. The number of hydrogen-bond donors (Lipinski definition) is 3. The highest BCUT2D eigenvalue weighted by atomic mass is 16.7. The molecule has 0 aliphatic carbocycles. The number of carbonyl (C=O) groups excluding carboxylic acids is 2. The second-order valence-electron chi connectivity index (χ2n) is 8.92. The predicted octanol–water partition coefficient (Wildman–Crippen LogP) is 4.91. The summed E-state index contributed by atoms with van der Waals surface area (Å²) in [6.45, 7) is 5.14. The molecule has 0 aliphatic rings. The predicted molar refractivity (Wildman–Crippen MR) is 118 cm³/mol. The van der Waals surface area contributed by atoms with Gasteiger partial charge in [-0.3, -0.25) is 10.5 Å². The van der Waals surface area contributed by atoms with E-state index >= 15 is 0 Å². The van der Waals surface area contributed by atoms with E-state index in [-0.39, 0.29) is 12.2 Å². The maximum atomic E-state index is 12.4. The molecule has 0 bridgehead atoms. The average Bonchev–Trinajstić information content (AvgIpc) is 2.69. The molecule has 0 fully saturated rings. The van der Waals surface area contributed by atoms with E-state index in [1.54, 1.807) is 0 Å². The molecule has 0 rings (SSSR count). The van der Waals surface area contributed by atoms with Gasteiger partial charge in [-0.25, -0.2) is 4.79 Å². The van der Waals surface area contributed by atoms with Crippen molar-refractivity contribution in [2.45, 2.75) is 129 Å². The highest BCUT2D eigenvalue weighted by molar-refractivity contribution is 5.93. The van der Waals surface area contributed by atoms with Crippen LogP contribution in [0.15, 0.2) is 0 Å². The van der Waals surface area contributed by atoms with E-state index in [0.717, 1.165) is 19.3 Å². The molecule has 29 heavy (non-hydrogen) atoms. The van der Waals surface area contributed by atoms with E-state index in [1.165, 1.54) is 90.9 Å². The molecule has 0 saturated heterocycles. The summed E-state index contributed by atoms with van der Waals surface area (Å²) >= 11 is 0. The zero-order valence-corrected chi connectivity index (χ0v) is 19.1. The largest absolute Gasteiger partial charge is 0.372 e. The Labute approximate surface area is 178 Å². The molecule has 0 aromatic rings. The number of carbonyl (C=O) groups is 2. The molecule has 0 spiro atoms. The zero-order valence-electron chi connectivity index (χ0n) is 19.1. The number of unbranched alkanes of at least 4 members (excludes halogenated alkanes) is 14. The van der Waals surface area contributed by atoms with E-state index in [0.29, 0.717) is 0 Å². The SMILES string of the molecule is CCCCCCCCCCCCCCCCCC(=O)C(C)(C)[C@@](N)(O)C(=O)ON. The van der Waals surface area contributed by atoms with E-state index in [1.807, 2.05) is 0 Å².